The van der Waals surface area contributed by atoms with Crippen LogP contribution in [0.15, 0.2) is 12.1 Å². The van der Waals surface area contributed by atoms with Gasteiger partial charge < -0.3 is 24.4 Å². The molecule has 7 heteroatoms. The van der Waals surface area contributed by atoms with E-state index >= 15 is 0 Å². The molecule has 3 heterocycles. The van der Waals surface area contributed by atoms with Crippen LogP contribution in [0.2, 0.25) is 0 Å². The summed E-state index contributed by atoms with van der Waals surface area (Å²) in [6.45, 7) is 8.41. The van der Waals surface area contributed by atoms with Gasteiger partial charge in [-0.3, -0.25) is 9.69 Å². The topological polar surface area (TPSA) is 65.5 Å². The molecule has 0 aromatic heterocycles. The lowest BCUT2D eigenvalue weighted by Gasteiger charge is -2.64. The minimum atomic E-state index is -0.808. The fourth-order valence-corrected chi connectivity index (χ4v) is 8.55. The number of piperidine rings is 2. The van der Waals surface area contributed by atoms with Crippen molar-refractivity contribution < 1.29 is 19.4 Å². The Labute approximate surface area is 209 Å². The molecule has 2 saturated heterocycles. The van der Waals surface area contributed by atoms with Crippen molar-refractivity contribution in [2.75, 3.05) is 46.9 Å². The van der Waals surface area contributed by atoms with Crippen LogP contribution < -0.4 is 9.47 Å². The van der Waals surface area contributed by atoms with Gasteiger partial charge >= 0.3 is 0 Å². The van der Waals surface area contributed by atoms with E-state index in [4.69, 9.17) is 9.47 Å². The summed E-state index contributed by atoms with van der Waals surface area (Å²) in [5, 5.41) is 12.5. The lowest BCUT2D eigenvalue weighted by molar-refractivity contribution is -0.198. The minimum absolute atomic E-state index is 0.0485. The lowest BCUT2D eigenvalue weighted by atomic mass is 9.48. The second-order valence-electron chi connectivity index (χ2n) is 11.5. The number of likely N-dealkylation sites (N-methyl/N-ethyl adjacent to an activating group) is 1. The third kappa shape index (κ3) is 3.04. The van der Waals surface area contributed by atoms with Crippen LogP contribution in [0, 0.1) is 5.92 Å². The maximum absolute atomic E-state index is 13.2. The molecule has 1 saturated carbocycles. The van der Waals surface area contributed by atoms with Crippen LogP contribution in [0.5, 0.6) is 11.5 Å². The third-order valence-electron chi connectivity index (χ3n) is 10.2. The molecule has 1 spiro atoms. The molecule has 6 atom stereocenters. The number of methoxy groups -OCH3 is 1. The number of ether oxygens (including phenoxy) is 2. The molecule has 3 fully saturated rings. The van der Waals surface area contributed by atoms with Crippen LogP contribution in [0.25, 0.3) is 0 Å². The Hall–Kier alpha value is -1.83. The van der Waals surface area contributed by atoms with Gasteiger partial charge in [0.2, 0.25) is 5.91 Å². The number of hydrogen-bond donors (Lipinski definition) is 1. The van der Waals surface area contributed by atoms with Crippen molar-refractivity contribution >= 4 is 5.91 Å². The Morgan fingerprint density at radius 1 is 1.23 bits per heavy atom. The maximum Gasteiger partial charge on any atom is 0.226 e. The van der Waals surface area contributed by atoms with Crippen LogP contribution >= 0.6 is 0 Å². The molecule has 7 nitrogen and oxygen atoms in total. The molecule has 35 heavy (non-hydrogen) atoms. The molecule has 2 bridgehead atoms. The van der Waals surface area contributed by atoms with E-state index in [9.17, 15) is 9.90 Å². The second-order valence-corrected chi connectivity index (χ2v) is 11.5. The summed E-state index contributed by atoms with van der Waals surface area (Å²) < 4.78 is 12.7. The van der Waals surface area contributed by atoms with Crippen molar-refractivity contribution in [2.24, 2.45) is 5.92 Å². The van der Waals surface area contributed by atoms with Gasteiger partial charge in [-0.05, 0) is 84.1 Å². The first-order valence-electron chi connectivity index (χ1n) is 13.7. The molecule has 4 unspecified atom stereocenters. The molecule has 192 valence electrons. The quantitative estimate of drug-likeness (QED) is 0.694. The SMILES string of the molecule is CCN(CC)C(=O)C1CCCN(C2CCC3(O)C4Cc5ccc(OC)c6c5[C@]3(CCN4C)[C@@H]2O6)C1. The van der Waals surface area contributed by atoms with E-state index in [1.807, 2.05) is 11.0 Å². The molecule has 5 aliphatic rings. The van der Waals surface area contributed by atoms with E-state index in [0.29, 0.717) is 5.91 Å². The monoisotopic (exact) mass is 483 g/mol. The summed E-state index contributed by atoms with van der Waals surface area (Å²) in [5.74, 6) is 1.98. The summed E-state index contributed by atoms with van der Waals surface area (Å²) in [6, 6.07) is 4.53. The van der Waals surface area contributed by atoms with Crippen LogP contribution in [-0.2, 0) is 16.6 Å². The predicted molar refractivity (Wildman–Crippen MR) is 134 cm³/mol. The van der Waals surface area contributed by atoms with Crippen molar-refractivity contribution in [3.63, 3.8) is 0 Å². The molecule has 1 N–H and O–H groups in total. The molecular formula is C28H41N3O4. The number of carbonyl (C=O) groups is 1. The average Bonchev–Trinajstić information content (AvgIpc) is 3.22. The predicted octanol–water partition coefficient (Wildman–Crippen LogP) is 2.43. The number of nitrogens with zero attached hydrogens (tertiary/aromatic N) is 3. The Balaban J connectivity index is 1.39. The highest BCUT2D eigenvalue weighted by atomic mass is 16.5. The minimum Gasteiger partial charge on any atom is -0.493 e. The molecule has 2 aliphatic carbocycles. The standard InChI is InChI=1S/C28H41N3O4/c1-5-30(6-2)26(32)19-8-7-14-31(17-19)20-11-12-28(33)22-16-18-9-10-21(34-4)24-23(18)27(28,25(20)35-24)13-15-29(22)3/h9-10,19-20,22,25,33H,5-8,11-17H2,1-4H3/t19?,20?,22?,25-,27-,28?/m1/s1. The Kier molecular flexibility index (Phi) is 5.62. The van der Waals surface area contributed by atoms with Crippen molar-refractivity contribution in [1.82, 2.24) is 14.7 Å². The van der Waals surface area contributed by atoms with E-state index in [1.54, 1.807) is 7.11 Å². The number of carbonyl (C=O) groups excluding carboxylic acids is 1. The molecule has 0 radical (unpaired) electrons. The first-order chi connectivity index (χ1) is 16.9. The van der Waals surface area contributed by atoms with Crippen molar-refractivity contribution in [3.05, 3.63) is 23.3 Å². The number of aliphatic hydroxyl groups is 1. The molecule has 1 aromatic rings. The number of benzene rings is 1. The van der Waals surface area contributed by atoms with Crippen LogP contribution in [0.1, 0.15) is 57.1 Å². The Bertz CT molecular complexity index is 1010. The first kappa shape index (κ1) is 23.6. The first-order valence-corrected chi connectivity index (χ1v) is 13.7. The molecular weight excluding hydrogens is 442 g/mol. The normalized spacial score (nSPS) is 38.0. The zero-order valence-corrected chi connectivity index (χ0v) is 21.8. The zero-order chi connectivity index (χ0) is 24.5. The second kappa shape index (κ2) is 8.35. The average molecular weight is 484 g/mol. The highest BCUT2D eigenvalue weighted by molar-refractivity contribution is 5.79. The van der Waals surface area contributed by atoms with Gasteiger partial charge in [-0.2, -0.15) is 0 Å². The summed E-state index contributed by atoms with van der Waals surface area (Å²) in [4.78, 5) is 20.1. The van der Waals surface area contributed by atoms with Gasteiger partial charge in [0.25, 0.3) is 0 Å². The van der Waals surface area contributed by atoms with E-state index in [2.05, 4.69) is 36.8 Å². The van der Waals surface area contributed by atoms with Crippen LogP contribution in [0.4, 0.5) is 0 Å². The molecule has 1 aromatic carbocycles. The van der Waals surface area contributed by atoms with E-state index in [0.717, 1.165) is 82.7 Å². The summed E-state index contributed by atoms with van der Waals surface area (Å²) in [5.41, 5.74) is 1.29. The van der Waals surface area contributed by atoms with Gasteiger partial charge in [-0.1, -0.05) is 6.07 Å². The highest BCUT2D eigenvalue weighted by Gasteiger charge is 2.73. The van der Waals surface area contributed by atoms with Gasteiger partial charge in [0.1, 0.15) is 6.10 Å². The van der Waals surface area contributed by atoms with Crippen LogP contribution in [-0.4, -0.2) is 96.4 Å². The van der Waals surface area contributed by atoms with Crippen molar-refractivity contribution in [3.8, 4) is 11.5 Å². The van der Waals surface area contributed by atoms with Crippen molar-refractivity contribution in [1.29, 1.82) is 0 Å². The summed E-state index contributed by atoms with van der Waals surface area (Å²) >= 11 is 0. The zero-order valence-electron chi connectivity index (χ0n) is 21.8. The highest BCUT2D eigenvalue weighted by Crippen LogP contribution is 2.65. The Morgan fingerprint density at radius 2 is 2.03 bits per heavy atom. The van der Waals surface area contributed by atoms with E-state index < -0.39 is 11.0 Å². The largest absolute Gasteiger partial charge is 0.493 e. The Morgan fingerprint density at radius 3 is 2.77 bits per heavy atom. The summed E-state index contributed by atoms with van der Waals surface area (Å²) in [6.07, 6.45) is 5.28. The van der Waals surface area contributed by atoms with Gasteiger partial charge in [0, 0.05) is 37.3 Å². The number of rotatable bonds is 5. The van der Waals surface area contributed by atoms with Gasteiger partial charge in [0.15, 0.2) is 11.5 Å². The molecule has 3 aliphatic heterocycles. The fourth-order valence-electron chi connectivity index (χ4n) is 8.55. The van der Waals surface area contributed by atoms with E-state index in [1.165, 1.54) is 11.1 Å². The molecule has 1 amide bonds. The fraction of sp³-hybridized carbons (Fsp3) is 0.750. The van der Waals surface area contributed by atoms with Gasteiger partial charge in [0.05, 0.1) is 24.0 Å². The maximum atomic E-state index is 13.2. The number of amides is 1. The van der Waals surface area contributed by atoms with E-state index in [-0.39, 0.29) is 24.1 Å². The third-order valence-corrected chi connectivity index (χ3v) is 10.2. The van der Waals surface area contributed by atoms with Gasteiger partial charge in [-0.15, -0.1) is 0 Å². The number of hydrogen-bond acceptors (Lipinski definition) is 6. The lowest BCUT2D eigenvalue weighted by Crippen LogP contribution is -2.78. The number of likely N-dealkylation sites (tertiary alicyclic amines) is 2. The summed E-state index contributed by atoms with van der Waals surface area (Å²) in [7, 11) is 3.87. The van der Waals surface area contributed by atoms with Crippen LogP contribution in [0.3, 0.4) is 0 Å². The molecule has 6 rings (SSSR count). The smallest absolute Gasteiger partial charge is 0.226 e. The van der Waals surface area contributed by atoms with Crippen molar-refractivity contribution in [2.45, 2.75) is 81.6 Å². The van der Waals surface area contributed by atoms with Gasteiger partial charge in [-0.25, -0.2) is 0 Å².